The van der Waals surface area contributed by atoms with Gasteiger partial charge in [-0.1, -0.05) is 30.3 Å². The van der Waals surface area contributed by atoms with E-state index in [0.717, 1.165) is 5.56 Å². The molecule has 1 aromatic carbocycles. The molecule has 3 heterocycles. The Labute approximate surface area is 160 Å². The van der Waals surface area contributed by atoms with E-state index in [2.05, 4.69) is 20.6 Å². The average molecular weight is 384 g/mol. The number of carbonyl (C=O) groups excluding carboxylic acids is 1. The van der Waals surface area contributed by atoms with Crippen LogP contribution in [0.2, 0.25) is 0 Å². The summed E-state index contributed by atoms with van der Waals surface area (Å²) in [6.45, 7) is 0.614. The summed E-state index contributed by atoms with van der Waals surface area (Å²) in [5, 5.41) is 14.5. The Bertz CT molecular complexity index is 995. The largest absolute Gasteiger partial charge is 0.445 e. The fraction of sp³-hybridized carbons (Fsp3) is 0.389. The van der Waals surface area contributed by atoms with Crippen LogP contribution >= 0.6 is 0 Å². The second-order valence-corrected chi connectivity index (χ2v) is 6.72. The first-order chi connectivity index (χ1) is 13.6. The number of aromatic amines is 1. The molecule has 1 saturated heterocycles. The Balaban J connectivity index is 1.51. The lowest BCUT2D eigenvalue weighted by molar-refractivity contribution is 0.0594. The molecule has 10 nitrogen and oxygen atoms in total. The molecule has 146 valence electrons. The number of nitrogens with zero attached hydrogens (tertiary/aromatic N) is 5. The first-order valence-electron chi connectivity index (χ1n) is 9.00. The summed E-state index contributed by atoms with van der Waals surface area (Å²) in [5.41, 5.74) is 0.628. The molecule has 28 heavy (non-hydrogen) atoms. The molecule has 0 unspecified atom stereocenters. The SMILES string of the molecule is Cn1nnc([C@H]2C[C@@H](c3cc(=O)[nH]o3)CCN2C(=O)OCc2ccccc2)n1. The number of aromatic nitrogens is 5. The van der Waals surface area contributed by atoms with Gasteiger partial charge in [0.2, 0.25) is 0 Å². The first kappa shape index (κ1) is 18.0. The van der Waals surface area contributed by atoms with E-state index in [-0.39, 0.29) is 18.1 Å². The number of aryl methyl sites for hydroxylation is 1. The number of H-pyrrole nitrogens is 1. The molecule has 3 aromatic rings. The molecule has 2 aromatic heterocycles. The number of piperidine rings is 1. The molecule has 0 bridgehead atoms. The smallest absolute Gasteiger partial charge is 0.410 e. The molecule has 0 aliphatic carbocycles. The number of tetrazole rings is 1. The van der Waals surface area contributed by atoms with Crippen molar-refractivity contribution in [2.24, 2.45) is 7.05 Å². The van der Waals surface area contributed by atoms with E-state index in [0.29, 0.717) is 31.0 Å². The highest BCUT2D eigenvalue weighted by Gasteiger charge is 2.38. The first-order valence-corrected chi connectivity index (χ1v) is 9.00. The van der Waals surface area contributed by atoms with Gasteiger partial charge in [0.05, 0.1) is 13.1 Å². The number of likely N-dealkylation sites (tertiary alicyclic amines) is 1. The average Bonchev–Trinajstić information content (AvgIpc) is 3.35. The van der Waals surface area contributed by atoms with Gasteiger partial charge in [-0.2, -0.15) is 9.95 Å². The lowest BCUT2D eigenvalue weighted by atomic mass is 9.89. The Hall–Kier alpha value is -3.43. The lowest BCUT2D eigenvalue weighted by Crippen LogP contribution is -2.41. The van der Waals surface area contributed by atoms with E-state index in [1.54, 1.807) is 11.9 Å². The van der Waals surface area contributed by atoms with Gasteiger partial charge in [-0.25, -0.2) is 4.79 Å². The number of nitrogens with one attached hydrogen (secondary N) is 1. The highest BCUT2D eigenvalue weighted by atomic mass is 16.6. The monoisotopic (exact) mass is 384 g/mol. The van der Waals surface area contributed by atoms with E-state index in [1.807, 2.05) is 30.3 Å². The van der Waals surface area contributed by atoms with E-state index in [1.165, 1.54) is 10.9 Å². The number of amides is 1. The fourth-order valence-electron chi connectivity index (χ4n) is 3.42. The molecule has 10 heteroatoms. The minimum Gasteiger partial charge on any atom is -0.445 e. The summed E-state index contributed by atoms with van der Waals surface area (Å²) in [4.78, 5) is 27.1. The van der Waals surface area contributed by atoms with Crippen molar-refractivity contribution in [1.29, 1.82) is 0 Å². The van der Waals surface area contributed by atoms with Crippen LogP contribution in [0.1, 0.15) is 41.9 Å². The molecule has 1 N–H and O–H groups in total. The lowest BCUT2D eigenvalue weighted by Gasteiger charge is -2.36. The second-order valence-electron chi connectivity index (χ2n) is 6.72. The Morgan fingerprint density at radius 3 is 2.86 bits per heavy atom. The van der Waals surface area contributed by atoms with Crippen LogP contribution in [0.25, 0.3) is 0 Å². The molecule has 1 aliphatic heterocycles. The molecule has 2 atom stereocenters. The van der Waals surface area contributed by atoms with Crippen LogP contribution in [0.3, 0.4) is 0 Å². The molecule has 4 rings (SSSR count). The topological polar surface area (TPSA) is 119 Å². The van der Waals surface area contributed by atoms with Crippen LogP contribution < -0.4 is 5.56 Å². The van der Waals surface area contributed by atoms with Crippen molar-refractivity contribution in [2.75, 3.05) is 6.54 Å². The van der Waals surface area contributed by atoms with Crippen LogP contribution in [0, 0.1) is 0 Å². The predicted octanol–water partition coefficient (Wildman–Crippen LogP) is 1.75. The summed E-state index contributed by atoms with van der Waals surface area (Å²) < 4.78 is 10.8. The molecule has 0 spiro atoms. The van der Waals surface area contributed by atoms with Crippen molar-refractivity contribution in [3.05, 3.63) is 63.9 Å². The van der Waals surface area contributed by atoms with Gasteiger partial charge >= 0.3 is 6.09 Å². The minimum atomic E-state index is -0.435. The number of carbonyl (C=O) groups is 1. The summed E-state index contributed by atoms with van der Waals surface area (Å²) in [6, 6.07) is 10.5. The fourth-order valence-corrected chi connectivity index (χ4v) is 3.42. The van der Waals surface area contributed by atoms with Gasteiger partial charge in [-0.05, 0) is 23.6 Å². The molecule has 1 aliphatic rings. The quantitative estimate of drug-likeness (QED) is 0.728. The number of benzene rings is 1. The molecule has 1 fully saturated rings. The summed E-state index contributed by atoms with van der Waals surface area (Å²) in [6.07, 6.45) is 0.709. The van der Waals surface area contributed by atoms with Gasteiger partial charge in [0, 0.05) is 18.5 Å². The zero-order chi connectivity index (χ0) is 19.5. The van der Waals surface area contributed by atoms with E-state index >= 15 is 0 Å². The van der Waals surface area contributed by atoms with Gasteiger partial charge in [0.1, 0.15) is 12.4 Å². The third kappa shape index (κ3) is 3.80. The second kappa shape index (κ2) is 7.67. The molecular formula is C18H20N6O4. The third-order valence-electron chi connectivity index (χ3n) is 4.81. The number of ether oxygens (including phenoxy) is 1. The van der Waals surface area contributed by atoms with Crippen LogP contribution in [-0.2, 0) is 18.4 Å². The minimum absolute atomic E-state index is 0.0362. The van der Waals surface area contributed by atoms with Crippen molar-refractivity contribution >= 4 is 6.09 Å². The summed E-state index contributed by atoms with van der Waals surface area (Å²) >= 11 is 0. The van der Waals surface area contributed by atoms with Crippen molar-refractivity contribution in [3.8, 4) is 0 Å². The van der Waals surface area contributed by atoms with Gasteiger partial charge in [0.25, 0.3) is 5.56 Å². The van der Waals surface area contributed by atoms with Crippen molar-refractivity contribution < 1.29 is 14.1 Å². The van der Waals surface area contributed by atoms with Gasteiger partial charge in [0.15, 0.2) is 5.82 Å². The molecule has 1 amide bonds. The standard InChI is InChI=1S/C18H20N6O4/c1-23-20-17(19-22-23)14-9-13(15-10-16(25)21-28-15)7-8-24(14)18(26)27-11-12-5-3-2-4-6-12/h2-6,10,13-14H,7-9,11H2,1H3,(H,21,25)/t13-,14+/m0/s1. The van der Waals surface area contributed by atoms with E-state index in [9.17, 15) is 9.59 Å². The maximum Gasteiger partial charge on any atom is 0.410 e. The van der Waals surface area contributed by atoms with Crippen LogP contribution in [0.4, 0.5) is 4.79 Å². The summed E-state index contributed by atoms with van der Waals surface area (Å²) in [5.74, 6) is 0.962. The maximum absolute atomic E-state index is 12.8. The van der Waals surface area contributed by atoms with Crippen molar-refractivity contribution in [2.45, 2.75) is 31.4 Å². The van der Waals surface area contributed by atoms with Gasteiger partial charge in [-0.3, -0.25) is 9.69 Å². The third-order valence-corrected chi connectivity index (χ3v) is 4.81. The maximum atomic E-state index is 12.8. The van der Waals surface area contributed by atoms with Crippen molar-refractivity contribution in [3.63, 3.8) is 0 Å². The van der Waals surface area contributed by atoms with E-state index in [4.69, 9.17) is 9.26 Å². The molecule has 0 saturated carbocycles. The zero-order valence-electron chi connectivity index (χ0n) is 15.3. The number of hydrogen-bond donors (Lipinski definition) is 1. The molecule has 0 radical (unpaired) electrons. The highest BCUT2D eigenvalue weighted by Crippen LogP contribution is 2.38. The highest BCUT2D eigenvalue weighted by molar-refractivity contribution is 5.68. The molecular weight excluding hydrogens is 364 g/mol. The Morgan fingerprint density at radius 1 is 1.36 bits per heavy atom. The van der Waals surface area contributed by atoms with Crippen LogP contribution in [0.5, 0.6) is 0 Å². The predicted molar refractivity (Wildman–Crippen MR) is 96.2 cm³/mol. The van der Waals surface area contributed by atoms with Crippen molar-refractivity contribution in [1.82, 2.24) is 30.3 Å². The number of hydrogen-bond acceptors (Lipinski definition) is 7. The normalized spacial score (nSPS) is 19.5. The summed E-state index contributed by atoms with van der Waals surface area (Å²) in [7, 11) is 1.67. The Kier molecular flexibility index (Phi) is 4.92. The van der Waals surface area contributed by atoms with Crippen LogP contribution in [0.15, 0.2) is 45.7 Å². The van der Waals surface area contributed by atoms with Gasteiger partial charge in [-0.15, -0.1) is 10.2 Å². The van der Waals surface area contributed by atoms with E-state index < -0.39 is 12.1 Å². The zero-order valence-corrected chi connectivity index (χ0v) is 15.3. The van der Waals surface area contributed by atoms with Crippen LogP contribution in [-0.4, -0.2) is 42.9 Å². The number of rotatable bonds is 4. The van der Waals surface area contributed by atoms with Gasteiger partial charge < -0.3 is 9.26 Å². The Morgan fingerprint density at radius 2 is 2.18 bits per heavy atom.